The molecule has 0 aliphatic heterocycles. The highest BCUT2D eigenvalue weighted by atomic mass is 32.1. The molecule has 0 saturated carbocycles. The molecule has 1 N–H and O–H groups in total. The van der Waals surface area contributed by atoms with Crippen molar-refractivity contribution in [2.24, 2.45) is 0 Å². The largest absolute Gasteiger partial charge is 0.417 e. The van der Waals surface area contributed by atoms with Crippen LogP contribution in [0.2, 0.25) is 0 Å². The molecule has 0 amide bonds. The third-order valence-corrected chi connectivity index (χ3v) is 3.70. The summed E-state index contributed by atoms with van der Waals surface area (Å²) < 4.78 is 38.6. The highest BCUT2D eigenvalue weighted by molar-refractivity contribution is 7.15. The molecule has 18 heavy (non-hydrogen) atoms. The number of alkyl halides is 3. The van der Waals surface area contributed by atoms with E-state index in [1.54, 1.807) is 18.2 Å². The van der Waals surface area contributed by atoms with Crippen LogP contribution in [-0.2, 0) is 12.6 Å². The first-order valence-corrected chi connectivity index (χ1v) is 6.20. The predicted molar refractivity (Wildman–Crippen MR) is 65.5 cm³/mol. The van der Waals surface area contributed by atoms with Crippen LogP contribution < -0.4 is 0 Å². The summed E-state index contributed by atoms with van der Waals surface area (Å²) in [5.74, 6) is 0. The molecule has 0 fully saturated rings. The minimum Gasteiger partial charge on any atom is -0.396 e. The summed E-state index contributed by atoms with van der Waals surface area (Å²) >= 11 is 1.28. The Morgan fingerprint density at radius 2 is 1.78 bits per heavy atom. The normalized spacial score (nSPS) is 11.8. The van der Waals surface area contributed by atoms with Crippen molar-refractivity contribution < 1.29 is 18.3 Å². The van der Waals surface area contributed by atoms with Crippen molar-refractivity contribution in [1.29, 1.82) is 0 Å². The van der Waals surface area contributed by atoms with Gasteiger partial charge >= 0.3 is 6.18 Å². The molecule has 96 valence electrons. The standard InChI is InChI=1S/C13H11F3OS/c14-13(15,16)11-4-2-1-3-10(11)12-6-5-9(18-12)7-8-17/h1-6,17H,7-8H2. The summed E-state index contributed by atoms with van der Waals surface area (Å²) in [6, 6.07) is 8.95. The van der Waals surface area contributed by atoms with Crippen molar-refractivity contribution >= 4 is 11.3 Å². The number of hydrogen-bond donors (Lipinski definition) is 1. The number of benzene rings is 1. The van der Waals surface area contributed by atoms with Crippen LogP contribution in [0.1, 0.15) is 10.4 Å². The van der Waals surface area contributed by atoms with Gasteiger partial charge in [-0.15, -0.1) is 11.3 Å². The van der Waals surface area contributed by atoms with Crippen LogP contribution in [0.3, 0.4) is 0 Å². The van der Waals surface area contributed by atoms with E-state index >= 15 is 0 Å². The Morgan fingerprint density at radius 1 is 1.06 bits per heavy atom. The molecule has 0 radical (unpaired) electrons. The molecule has 0 bridgehead atoms. The zero-order valence-corrected chi connectivity index (χ0v) is 10.2. The van der Waals surface area contributed by atoms with Gasteiger partial charge in [0.15, 0.2) is 0 Å². The number of hydrogen-bond acceptors (Lipinski definition) is 2. The van der Waals surface area contributed by atoms with E-state index in [1.165, 1.54) is 23.5 Å². The SMILES string of the molecule is OCCc1ccc(-c2ccccc2C(F)(F)F)s1. The van der Waals surface area contributed by atoms with Gasteiger partial charge in [-0.3, -0.25) is 0 Å². The Morgan fingerprint density at radius 3 is 2.44 bits per heavy atom. The summed E-state index contributed by atoms with van der Waals surface area (Å²) in [4.78, 5) is 1.45. The van der Waals surface area contributed by atoms with Gasteiger partial charge in [-0.25, -0.2) is 0 Å². The van der Waals surface area contributed by atoms with Crippen molar-refractivity contribution in [2.75, 3.05) is 6.61 Å². The lowest BCUT2D eigenvalue weighted by atomic mass is 10.1. The van der Waals surface area contributed by atoms with Crippen molar-refractivity contribution in [1.82, 2.24) is 0 Å². The lowest BCUT2D eigenvalue weighted by Gasteiger charge is -2.11. The van der Waals surface area contributed by atoms with E-state index in [2.05, 4.69) is 0 Å². The molecule has 0 unspecified atom stereocenters. The Labute approximate surface area is 107 Å². The molecule has 2 rings (SSSR count). The van der Waals surface area contributed by atoms with E-state index in [0.717, 1.165) is 10.9 Å². The molecule has 1 nitrogen and oxygen atoms in total. The molecular formula is C13H11F3OS. The Balaban J connectivity index is 2.43. The summed E-state index contributed by atoms with van der Waals surface area (Å²) in [7, 11) is 0. The molecule has 0 spiro atoms. The molecule has 0 aliphatic rings. The van der Waals surface area contributed by atoms with Gasteiger partial charge in [0, 0.05) is 28.3 Å². The topological polar surface area (TPSA) is 20.2 Å². The van der Waals surface area contributed by atoms with Crippen molar-refractivity contribution in [3.05, 3.63) is 46.8 Å². The fourth-order valence-corrected chi connectivity index (χ4v) is 2.75. The number of rotatable bonds is 3. The quantitative estimate of drug-likeness (QED) is 0.896. The van der Waals surface area contributed by atoms with Crippen molar-refractivity contribution in [2.45, 2.75) is 12.6 Å². The first kappa shape index (κ1) is 13.1. The second kappa shape index (κ2) is 5.12. The minimum absolute atomic E-state index is 0.000864. The van der Waals surface area contributed by atoms with Gasteiger partial charge in [0.25, 0.3) is 0 Å². The van der Waals surface area contributed by atoms with Crippen molar-refractivity contribution in [3.63, 3.8) is 0 Å². The summed E-state index contributed by atoms with van der Waals surface area (Å²) in [5.41, 5.74) is -0.429. The smallest absolute Gasteiger partial charge is 0.396 e. The monoisotopic (exact) mass is 272 g/mol. The fraction of sp³-hybridized carbons (Fsp3) is 0.231. The van der Waals surface area contributed by atoms with E-state index in [0.29, 0.717) is 11.3 Å². The average molecular weight is 272 g/mol. The fourth-order valence-electron chi connectivity index (χ4n) is 1.71. The van der Waals surface area contributed by atoms with E-state index < -0.39 is 11.7 Å². The summed E-state index contributed by atoms with van der Waals surface area (Å²) in [6.07, 6.45) is -3.88. The predicted octanol–water partition coefficient (Wildman–Crippen LogP) is 3.97. The molecule has 2 aromatic rings. The van der Waals surface area contributed by atoms with Crippen molar-refractivity contribution in [3.8, 4) is 10.4 Å². The molecular weight excluding hydrogens is 261 g/mol. The molecule has 0 saturated heterocycles. The van der Waals surface area contributed by atoms with Gasteiger partial charge < -0.3 is 5.11 Å². The second-order valence-corrected chi connectivity index (χ2v) is 4.95. The first-order chi connectivity index (χ1) is 8.52. The third kappa shape index (κ3) is 2.73. The van der Waals surface area contributed by atoms with Crippen LogP contribution in [0.15, 0.2) is 36.4 Å². The number of halogens is 3. The van der Waals surface area contributed by atoms with Gasteiger partial charge in [0.2, 0.25) is 0 Å². The van der Waals surface area contributed by atoms with Crippen LogP contribution in [0.4, 0.5) is 13.2 Å². The maximum absolute atomic E-state index is 12.9. The highest BCUT2D eigenvalue weighted by Gasteiger charge is 2.33. The van der Waals surface area contributed by atoms with E-state index in [1.807, 2.05) is 0 Å². The van der Waals surface area contributed by atoms with E-state index in [9.17, 15) is 13.2 Å². The average Bonchev–Trinajstić information content (AvgIpc) is 2.77. The molecule has 5 heteroatoms. The molecule has 0 atom stereocenters. The van der Waals surface area contributed by atoms with E-state index in [4.69, 9.17) is 5.11 Å². The van der Waals surface area contributed by atoms with Gasteiger partial charge in [-0.05, 0) is 18.2 Å². The zero-order valence-electron chi connectivity index (χ0n) is 9.37. The van der Waals surface area contributed by atoms with Crippen LogP contribution in [0.5, 0.6) is 0 Å². The minimum atomic E-state index is -4.35. The van der Waals surface area contributed by atoms with E-state index in [-0.39, 0.29) is 12.2 Å². The van der Waals surface area contributed by atoms with Crippen LogP contribution in [0.25, 0.3) is 10.4 Å². The first-order valence-electron chi connectivity index (χ1n) is 5.38. The molecule has 1 aromatic carbocycles. The van der Waals surface area contributed by atoms with Gasteiger partial charge in [-0.2, -0.15) is 13.2 Å². The second-order valence-electron chi connectivity index (χ2n) is 3.78. The maximum Gasteiger partial charge on any atom is 0.417 e. The van der Waals surface area contributed by atoms with Gasteiger partial charge in [0.1, 0.15) is 0 Å². The summed E-state index contributed by atoms with van der Waals surface area (Å²) in [6.45, 7) is 0.000864. The third-order valence-electron chi connectivity index (χ3n) is 2.52. The van der Waals surface area contributed by atoms with Crippen LogP contribution >= 0.6 is 11.3 Å². The van der Waals surface area contributed by atoms with Crippen LogP contribution in [-0.4, -0.2) is 11.7 Å². The Kier molecular flexibility index (Phi) is 3.73. The lowest BCUT2D eigenvalue weighted by molar-refractivity contribution is -0.137. The summed E-state index contributed by atoms with van der Waals surface area (Å²) in [5, 5.41) is 8.81. The highest BCUT2D eigenvalue weighted by Crippen LogP contribution is 2.39. The number of aliphatic hydroxyl groups excluding tert-OH is 1. The van der Waals surface area contributed by atoms with Crippen LogP contribution in [0, 0.1) is 0 Å². The number of aliphatic hydroxyl groups is 1. The molecule has 0 aliphatic carbocycles. The van der Waals surface area contributed by atoms with Gasteiger partial charge in [-0.1, -0.05) is 18.2 Å². The zero-order chi connectivity index (χ0) is 13.2. The maximum atomic E-state index is 12.9. The van der Waals surface area contributed by atoms with Gasteiger partial charge in [0.05, 0.1) is 5.56 Å². The molecule has 1 heterocycles. The Hall–Kier alpha value is -1.33. The lowest BCUT2D eigenvalue weighted by Crippen LogP contribution is -2.06. The Bertz CT molecular complexity index is 531. The molecule has 1 aromatic heterocycles. The number of thiophene rings is 1.